The molecule has 1 rings (SSSR count). The van der Waals surface area contributed by atoms with E-state index in [0.717, 1.165) is 24.3 Å². The Kier molecular flexibility index (Phi) is 6.98. The maximum Gasteiger partial charge on any atom is 0.123 e. The average molecular weight is 314 g/mol. The van der Waals surface area contributed by atoms with Gasteiger partial charge >= 0.3 is 0 Å². The molecule has 1 aromatic carbocycles. The second-order valence-electron chi connectivity index (χ2n) is 6.34. The van der Waals surface area contributed by atoms with Crippen LogP contribution in [0.5, 0.6) is 5.75 Å². The maximum atomic E-state index is 6.19. The van der Waals surface area contributed by atoms with Gasteiger partial charge in [-0.05, 0) is 36.6 Å². The standard InChI is InChI=1S/C17H28ClNO2/c1-7-10-19-15(16(21-6)17(2,3)4)13-11-12(18)8-9-14(13)20-5/h8-9,11,15-16,19H,7,10H2,1-6H3. The van der Waals surface area contributed by atoms with E-state index in [9.17, 15) is 0 Å². The van der Waals surface area contributed by atoms with Crippen molar-refractivity contribution in [2.24, 2.45) is 5.41 Å². The molecule has 3 nitrogen and oxygen atoms in total. The molecular weight excluding hydrogens is 286 g/mol. The summed E-state index contributed by atoms with van der Waals surface area (Å²) < 4.78 is 11.3. The molecule has 0 spiro atoms. The minimum absolute atomic E-state index is 0.00646. The highest BCUT2D eigenvalue weighted by Gasteiger charge is 2.34. The summed E-state index contributed by atoms with van der Waals surface area (Å²) in [6.45, 7) is 9.60. The summed E-state index contributed by atoms with van der Waals surface area (Å²) in [5.41, 5.74) is 1.04. The Morgan fingerprint density at radius 1 is 1.24 bits per heavy atom. The predicted molar refractivity (Wildman–Crippen MR) is 89.3 cm³/mol. The molecule has 1 N–H and O–H groups in total. The van der Waals surface area contributed by atoms with Crippen LogP contribution < -0.4 is 10.1 Å². The van der Waals surface area contributed by atoms with Gasteiger partial charge in [0, 0.05) is 17.7 Å². The Morgan fingerprint density at radius 3 is 2.38 bits per heavy atom. The zero-order chi connectivity index (χ0) is 16.0. The molecule has 2 unspecified atom stereocenters. The first kappa shape index (κ1) is 18.3. The molecular formula is C17H28ClNO2. The van der Waals surface area contributed by atoms with Crippen molar-refractivity contribution in [2.75, 3.05) is 20.8 Å². The van der Waals surface area contributed by atoms with E-state index in [1.807, 2.05) is 18.2 Å². The lowest BCUT2D eigenvalue weighted by molar-refractivity contribution is -0.0124. The Bertz CT molecular complexity index is 443. The maximum absolute atomic E-state index is 6.19. The van der Waals surface area contributed by atoms with Crippen molar-refractivity contribution in [2.45, 2.75) is 46.3 Å². The van der Waals surface area contributed by atoms with Gasteiger partial charge in [0.15, 0.2) is 0 Å². The zero-order valence-corrected chi connectivity index (χ0v) is 14.8. The summed E-state index contributed by atoms with van der Waals surface area (Å²) in [5, 5.41) is 4.29. The van der Waals surface area contributed by atoms with Crippen molar-refractivity contribution in [3.05, 3.63) is 28.8 Å². The lowest BCUT2D eigenvalue weighted by Crippen LogP contribution is -2.42. The van der Waals surface area contributed by atoms with E-state index in [2.05, 4.69) is 33.0 Å². The highest BCUT2D eigenvalue weighted by atomic mass is 35.5. The van der Waals surface area contributed by atoms with Crippen LogP contribution in [0.15, 0.2) is 18.2 Å². The van der Waals surface area contributed by atoms with Gasteiger partial charge in [-0.2, -0.15) is 0 Å². The molecule has 2 atom stereocenters. The van der Waals surface area contributed by atoms with Crippen LogP contribution in [0.1, 0.15) is 45.7 Å². The molecule has 0 bridgehead atoms. The van der Waals surface area contributed by atoms with Gasteiger partial charge in [-0.15, -0.1) is 0 Å². The van der Waals surface area contributed by atoms with E-state index in [1.54, 1.807) is 14.2 Å². The monoisotopic (exact) mass is 313 g/mol. The van der Waals surface area contributed by atoms with E-state index in [-0.39, 0.29) is 17.6 Å². The van der Waals surface area contributed by atoms with Gasteiger partial charge in [-0.1, -0.05) is 39.3 Å². The SMILES string of the molecule is CCCNC(c1cc(Cl)ccc1OC)C(OC)C(C)(C)C. The van der Waals surface area contributed by atoms with Gasteiger partial charge in [0.1, 0.15) is 5.75 Å². The smallest absolute Gasteiger partial charge is 0.123 e. The molecule has 0 heterocycles. The number of halogens is 1. The Labute approximate surface area is 134 Å². The largest absolute Gasteiger partial charge is 0.496 e. The molecule has 0 amide bonds. The van der Waals surface area contributed by atoms with Crippen LogP contribution in [0.4, 0.5) is 0 Å². The lowest BCUT2D eigenvalue weighted by Gasteiger charge is -2.37. The van der Waals surface area contributed by atoms with Gasteiger partial charge in [0.25, 0.3) is 0 Å². The summed E-state index contributed by atoms with van der Waals surface area (Å²) in [6.07, 6.45) is 1.07. The first-order chi connectivity index (χ1) is 9.85. The fraction of sp³-hybridized carbons (Fsp3) is 0.647. The summed E-state index contributed by atoms with van der Waals surface area (Å²) in [5.74, 6) is 0.833. The van der Waals surface area contributed by atoms with E-state index in [0.29, 0.717) is 5.02 Å². The van der Waals surface area contributed by atoms with Crippen molar-refractivity contribution < 1.29 is 9.47 Å². The quantitative estimate of drug-likeness (QED) is 0.806. The van der Waals surface area contributed by atoms with Gasteiger partial charge in [0.2, 0.25) is 0 Å². The van der Waals surface area contributed by atoms with Crippen LogP contribution in [-0.4, -0.2) is 26.9 Å². The fourth-order valence-electron chi connectivity index (χ4n) is 2.62. The first-order valence-corrected chi connectivity index (χ1v) is 7.82. The van der Waals surface area contributed by atoms with E-state index in [4.69, 9.17) is 21.1 Å². The van der Waals surface area contributed by atoms with Crippen LogP contribution in [0.2, 0.25) is 5.02 Å². The molecule has 0 aliphatic rings. The van der Waals surface area contributed by atoms with Crippen molar-refractivity contribution in [1.29, 1.82) is 0 Å². The van der Waals surface area contributed by atoms with Gasteiger partial charge in [0.05, 0.1) is 19.3 Å². The molecule has 120 valence electrons. The van der Waals surface area contributed by atoms with Gasteiger partial charge in [-0.25, -0.2) is 0 Å². The Balaban J connectivity index is 3.26. The molecule has 0 aromatic heterocycles. The summed E-state index contributed by atoms with van der Waals surface area (Å²) in [6, 6.07) is 5.75. The van der Waals surface area contributed by atoms with Gasteiger partial charge < -0.3 is 14.8 Å². The summed E-state index contributed by atoms with van der Waals surface area (Å²) in [4.78, 5) is 0. The average Bonchev–Trinajstić information content (AvgIpc) is 2.41. The number of methoxy groups -OCH3 is 2. The minimum Gasteiger partial charge on any atom is -0.496 e. The lowest BCUT2D eigenvalue weighted by atomic mass is 9.81. The van der Waals surface area contributed by atoms with Crippen molar-refractivity contribution in [3.8, 4) is 5.75 Å². The van der Waals surface area contributed by atoms with Gasteiger partial charge in [-0.3, -0.25) is 0 Å². The first-order valence-electron chi connectivity index (χ1n) is 7.44. The second kappa shape index (κ2) is 8.02. The van der Waals surface area contributed by atoms with Crippen LogP contribution in [0, 0.1) is 5.41 Å². The van der Waals surface area contributed by atoms with Crippen molar-refractivity contribution in [3.63, 3.8) is 0 Å². The van der Waals surface area contributed by atoms with Crippen LogP contribution in [0.3, 0.4) is 0 Å². The Hall–Kier alpha value is -0.770. The third kappa shape index (κ3) is 4.87. The molecule has 0 saturated carbocycles. The number of benzene rings is 1. The molecule has 0 radical (unpaired) electrons. The normalized spacial score (nSPS) is 14.8. The summed E-state index contributed by atoms with van der Waals surface area (Å²) >= 11 is 6.19. The third-order valence-electron chi connectivity index (χ3n) is 3.55. The predicted octanol–water partition coefficient (Wildman–Crippen LogP) is 4.45. The van der Waals surface area contributed by atoms with Crippen LogP contribution >= 0.6 is 11.6 Å². The topological polar surface area (TPSA) is 30.5 Å². The third-order valence-corrected chi connectivity index (χ3v) is 3.79. The van der Waals surface area contributed by atoms with E-state index >= 15 is 0 Å². The van der Waals surface area contributed by atoms with E-state index < -0.39 is 0 Å². The zero-order valence-electron chi connectivity index (χ0n) is 14.0. The van der Waals surface area contributed by atoms with Crippen LogP contribution in [0.25, 0.3) is 0 Å². The second-order valence-corrected chi connectivity index (χ2v) is 6.78. The highest BCUT2D eigenvalue weighted by Crippen LogP contribution is 2.37. The molecule has 0 fully saturated rings. The molecule has 0 aliphatic heterocycles. The molecule has 0 aliphatic carbocycles. The number of nitrogens with one attached hydrogen (secondary N) is 1. The number of ether oxygens (including phenoxy) is 2. The molecule has 4 heteroatoms. The molecule has 21 heavy (non-hydrogen) atoms. The van der Waals surface area contributed by atoms with Crippen molar-refractivity contribution >= 4 is 11.6 Å². The fourth-order valence-corrected chi connectivity index (χ4v) is 2.80. The Morgan fingerprint density at radius 2 is 1.90 bits per heavy atom. The summed E-state index contributed by atoms with van der Waals surface area (Å²) in [7, 11) is 3.44. The number of hydrogen-bond acceptors (Lipinski definition) is 3. The number of rotatable bonds is 7. The van der Waals surface area contributed by atoms with E-state index in [1.165, 1.54) is 0 Å². The number of hydrogen-bond donors (Lipinski definition) is 1. The van der Waals surface area contributed by atoms with Crippen molar-refractivity contribution in [1.82, 2.24) is 5.32 Å². The highest BCUT2D eigenvalue weighted by molar-refractivity contribution is 6.30. The van der Waals surface area contributed by atoms with Crippen LogP contribution in [-0.2, 0) is 4.74 Å². The minimum atomic E-state index is -0.00646. The molecule has 1 aromatic rings. The molecule has 0 saturated heterocycles.